The van der Waals surface area contributed by atoms with Crippen LogP contribution in [0.5, 0.6) is 0 Å². The van der Waals surface area contributed by atoms with Crippen LogP contribution in [-0.4, -0.2) is 59.3 Å². The Hall–Kier alpha value is -1.70. The topological polar surface area (TPSA) is 94.6 Å². The number of carbonyl (C=O) groups excluding carboxylic acids is 2. The third kappa shape index (κ3) is 3.96. The van der Waals surface area contributed by atoms with Gasteiger partial charge in [-0.15, -0.1) is 0 Å². The monoisotopic (exact) mass is 434 g/mol. The van der Waals surface area contributed by atoms with E-state index in [-0.39, 0.29) is 29.8 Å². The van der Waals surface area contributed by atoms with E-state index in [2.05, 4.69) is 0 Å². The molecule has 1 aliphatic carbocycles. The van der Waals surface area contributed by atoms with Crippen molar-refractivity contribution in [1.82, 2.24) is 0 Å². The molecule has 0 spiro atoms. The SMILES string of the molecule is CC(=O)OC1C=C(C)C2C3CC(C)=CCC(OC(C)=O)C(C)(O)C(O3)C2C1C1(C)CO1. The first-order valence-electron chi connectivity index (χ1n) is 11.1. The molecule has 172 valence electrons. The fourth-order valence-electron chi connectivity index (χ4n) is 6.06. The van der Waals surface area contributed by atoms with Crippen molar-refractivity contribution in [2.24, 2.45) is 17.8 Å². The molecule has 2 saturated heterocycles. The molecule has 0 aromatic carbocycles. The minimum atomic E-state index is -1.42. The Balaban J connectivity index is 1.82. The Morgan fingerprint density at radius 3 is 2.39 bits per heavy atom. The maximum Gasteiger partial charge on any atom is 0.303 e. The zero-order chi connectivity index (χ0) is 22.7. The standard InChI is InChI=1S/C24H34O7/c1-12-7-8-18(30-15(4)26)24(6,27)22-20-19(16(9-12)31-22)13(2)10-17(29-14(3)25)21(20)23(5)11-28-23/h7,10,16-22,27H,8-9,11H2,1-6H3. The van der Waals surface area contributed by atoms with Crippen molar-refractivity contribution in [3.8, 4) is 0 Å². The van der Waals surface area contributed by atoms with Gasteiger partial charge in [-0.2, -0.15) is 0 Å². The normalized spacial score (nSPS) is 46.5. The Labute approximate surface area is 183 Å². The van der Waals surface area contributed by atoms with Gasteiger partial charge in [0.1, 0.15) is 17.8 Å². The van der Waals surface area contributed by atoms with Crippen molar-refractivity contribution in [3.05, 3.63) is 23.3 Å². The molecule has 7 heteroatoms. The largest absolute Gasteiger partial charge is 0.459 e. The van der Waals surface area contributed by atoms with Crippen molar-refractivity contribution in [3.63, 3.8) is 0 Å². The van der Waals surface area contributed by atoms with E-state index in [0.717, 1.165) is 17.6 Å². The van der Waals surface area contributed by atoms with Crippen LogP contribution in [0.4, 0.5) is 0 Å². The van der Waals surface area contributed by atoms with Crippen LogP contribution in [0.3, 0.4) is 0 Å². The zero-order valence-corrected chi connectivity index (χ0v) is 19.2. The minimum Gasteiger partial charge on any atom is -0.459 e. The van der Waals surface area contributed by atoms with E-state index in [1.807, 2.05) is 32.9 Å². The molecule has 1 N–H and O–H groups in total. The van der Waals surface area contributed by atoms with Gasteiger partial charge in [0, 0.05) is 38.0 Å². The second-order valence-electron chi connectivity index (χ2n) is 10.1. The maximum absolute atomic E-state index is 11.9. The van der Waals surface area contributed by atoms with Crippen molar-refractivity contribution in [2.45, 2.75) is 90.0 Å². The van der Waals surface area contributed by atoms with Gasteiger partial charge in [0.25, 0.3) is 0 Å². The molecular formula is C24H34O7. The van der Waals surface area contributed by atoms with Gasteiger partial charge in [0.2, 0.25) is 0 Å². The predicted molar refractivity (Wildman–Crippen MR) is 112 cm³/mol. The first-order chi connectivity index (χ1) is 14.4. The van der Waals surface area contributed by atoms with Crippen LogP contribution in [0.15, 0.2) is 23.3 Å². The van der Waals surface area contributed by atoms with Crippen molar-refractivity contribution < 1.29 is 33.6 Å². The number of carbonyl (C=O) groups is 2. The summed E-state index contributed by atoms with van der Waals surface area (Å²) in [5, 5.41) is 11.8. The van der Waals surface area contributed by atoms with Crippen LogP contribution < -0.4 is 0 Å². The summed E-state index contributed by atoms with van der Waals surface area (Å²) in [6, 6.07) is 0. The Morgan fingerprint density at radius 1 is 1.16 bits per heavy atom. The highest BCUT2D eigenvalue weighted by Crippen LogP contribution is 2.57. The molecule has 0 amide bonds. The summed E-state index contributed by atoms with van der Waals surface area (Å²) in [5.74, 6) is -1.06. The van der Waals surface area contributed by atoms with Gasteiger partial charge in [0.15, 0.2) is 0 Å². The van der Waals surface area contributed by atoms with Crippen molar-refractivity contribution in [2.75, 3.05) is 6.61 Å². The van der Waals surface area contributed by atoms with Crippen LogP contribution >= 0.6 is 0 Å². The molecule has 4 rings (SSSR count). The number of epoxide rings is 1. The third-order valence-corrected chi connectivity index (χ3v) is 7.55. The van der Waals surface area contributed by atoms with Gasteiger partial charge in [0.05, 0.1) is 24.4 Å². The first kappa shape index (κ1) is 22.5. The lowest BCUT2D eigenvalue weighted by molar-refractivity contribution is -0.191. The minimum absolute atomic E-state index is 0.0498. The smallest absolute Gasteiger partial charge is 0.303 e. The summed E-state index contributed by atoms with van der Waals surface area (Å²) >= 11 is 0. The number of hydrogen-bond acceptors (Lipinski definition) is 7. The fraction of sp³-hybridized carbons (Fsp3) is 0.750. The molecule has 0 radical (unpaired) electrons. The molecule has 2 bridgehead atoms. The van der Waals surface area contributed by atoms with Gasteiger partial charge in [-0.25, -0.2) is 0 Å². The highest BCUT2D eigenvalue weighted by molar-refractivity contribution is 5.67. The van der Waals surface area contributed by atoms with E-state index in [4.69, 9.17) is 18.9 Å². The number of fused-ring (bicyclic) bond motifs is 5. The van der Waals surface area contributed by atoms with Crippen LogP contribution in [0.1, 0.15) is 54.4 Å². The Morgan fingerprint density at radius 2 is 1.81 bits per heavy atom. The molecule has 2 fully saturated rings. The van der Waals surface area contributed by atoms with Gasteiger partial charge < -0.3 is 24.1 Å². The zero-order valence-electron chi connectivity index (χ0n) is 19.2. The molecule has 31 heavy (non-hydrogen) atoms. The second-order valence-corrected chi connectivity index (χ2v) is 10.1. The predicted octanol–water partition coefficient (Wildman–Crippen LogP) is 2.71. The van der Waals surface area contributed by atoms with Gasteiger partial charge >= 0.3 is 11.9 Å². The number of aliphatic hydroxyl groups is 1. The van der Waals surface area contributed by atoms with Gasteiger partial charge in [-0.1, -0.05) is 17.2 Å². The number of hydrogen-bond donors (Lipinski definition) is 1. The van der Waals surface area contributed by atoms with E-state index < -0.39 is 35.5 Å². The average Bonchev–Trinajstić information content (AvgIpc) is 3.25. The molecule has 0 saturated carbocycles. The summed E-state index contributed by atoms with van der Waals surface area (Å²) < 4.78 is 23.8. The highest BCUT2D eigenvalue weighted by Gasteiger charge is 2.66. The highest BCUT2D eigenvalue weighted by atomic mass is 16.6. The van der Waals surface area contributed by atoms with Gasteiger partial charge in [-0.3, -0.25) is 9.59 Å². The summed E-state index contributed by atoms with van der Waals surface area (Å²) in [6.45, 7) is 11.1. The number of ether oxygens (including phenoxy) is 4. The van der Waals surface area contributed by atoms with E-state index in [9.17, 15) is 14.7 Å². The average molecular weight is 435 g/mol. The van der Waals surface area contributed by atoms with Crippen molar-refractivity contribution >= 4 is 11.9 Å². The Kier molecular flexibility index (Phi) is 5.59. The molecule has 0 aromatic heterocycles. The third-order valence-electron chi connectivity index (χ3n) is 7.55. The molecule has 0 aromatic rings. The van der Waals surface area contributed by atoms with E-state index in [1.165, 1.54) is 13.8 Å². The lowest BCUT2D eigenvalue weighted by atomic mass is 9.61. The van der Waals surface area contributed by atoms with Gasteiger partial charge in [-0.05, 0) is 40.2 Å². The molecular weight excluding hydrogens is 400 g/mol. The molecule has 3 aliphatic heterocycles. The fourth-order valence-corrected chi connectivity index (χ4v) is 6.06. The van der Waals surface area contributed by atoms with Crippen molar-refractivity contribution in [1.29, 1.82) is 0 Å². The molecule has 9 unspecified atom stereocenters. The number of rotatable bonds is 3. The maximum atomic E-state index is 11.9. The van der Waals surface area contributed by atoms with E-state index in [1.54, 1.807) is 6.92 Å². The lowest BCUT2D eigenvalue weighted by Gasteiger charge is -2.46. The quantitative estimate of drug-likeness (QED) is 0.415. The summed E-state index contributed by atoms with van der Waals surface area (Å²) in [6.07, 6.45) is 3.30. The lowest BCUT2D eigenvalue weighted by Crippen LogP contribution is -2.58. The molecule has 4 aliphatic rings. The summed E-state index contributed by atoms with van der Waals surface area (Å²) in [7, 11) is 0. The molecule has 3 heterocycles. The Bertz CT molecular complexity index is 822. The summed E-state index contributed by atoms with van der Waals surface area (Å²) in [5.41, 5.74) is 0.350. The first-order valence-corrected chi connectivity index (χ1v) is 11.1. The van der Waals surface area contributed by atoms with Crippen LogP contribution in [-0.2, 0) is 28.5 Å². The second kappa shape index (κ2) is 7.71. The van der Waals surface area contributed by atoms with Crippen LogP contribution in [0.2, 0.25) is 0 Å². The van der Waals surface area contributed by atoms with E-state index >= 15 is 0 Å². The summed E-state index contributed by atoms with van der Waals surface area (Å²) in [4.78, 5) is 23.7. The van der Waals surface area contributed by atoms with Crippen LogP contribution in [0, 0.1) is 17.8 Å². The molecule has 7 nitrogen and oxygen atoms in total. The number of esters is 2. The van der Waals surface area contributed by atoms with E-state index in [0.29, 0.717) is 13.0 Å². The molecule has 9 atom stereocenters. The van der Waals surface area contributed by atoms with Crippen LogP contribution in [0.25, 0.3) is 0 Å².